The number of carbonyl (C=O) groups excluding carboxylic acids is 1. The van der Waals surface area contributed by atoms with Gasteiger partial charge in [-0.25, -0.2) is 0 Å². The number of aliphatic imine (C=N–C) groups is 1. The number of rotatable bonds is 8. The molecule has 7 nitrogen and oxygen atoms in total. The average Bonchev–Trinajstić information content (AvgIpc) is 3.27. The predicted molar refractivity (Wildman–Crippen MR) is 118 cm³/mol. The number of nitrogens with one attached hydrogen (secondary N) is 2. The van der Waals surface area contributed by atoms with E-state index in [9.17, 15) is 4.79 Å². The summed E-state index contributed by atoms with van der Waals surface area (Å²) in [6.07, 6.45) is 1.05. The number of benzene rings is 2. The maximum absolute atomic E-state index is 11.3. The molecule has 0 bridgehead atoms. The van der Waals surface area contributed by atoms with Gasteiger partial charge in [-0.1, -0.05) is 24.3 Å². The summed E-state index contributed by atoms with van der Waals surface area (Å²) in [5.74, 6) is 1.57. The first-order chi connectivity index (χ1) is 14.5. The number of amides is 1. The molecule has 0 radical (unpaired) electrons. The molecule has 1 heterocycles. The molecule has 0 spiro atoms. The Morgan fingerprint density at radius 3 is 2.80 bits per heavy atom. The number of hydrogen-bond acceptors (Lipinski definition) is 4. The van der Waals surface area contributed by atoms with Crippen LogP contribution in [0.25, 0.3) is 0 Å². The minimum atomic E-state index is -0.435. The van der Waals surface area contributed by atoms with Gasteiger partial charge in [0, 0.05) is 43.8 Å². The molecule has 0 aromatic heterocycles. The zero-order valence-corrected chi connectivity index (χ0v) is 17.6. The summed E-state index contributed by atoms with van der Waals surface area (Å²) >= 11 is 0. The summed E-state index contributed by atoms with van der Waals surface area (Å²) in [6.45, 7) is 5.42. The molecule has 4 N–H and O–H groups in total. The molecule has 1 aliphatic rings. The lowest BCUT2D eigenvalue weighted by molar-refractivity contribution is 0.1000. The fourth-order valence-electron chi connectivity index (χ4n) is 3.28. The second kappa shape index (κ2) is 10.6. The maximum Gasteiger partial charge on any atom is 0.248 e. The average molecular weight is 411 g/mol. The first-order valence-electron chi connectivity index (χ1n) is 10.2. The molecule has 1 aliphatic heterocycles. The molecule has 1 fully saturated rings. The van der Waals surface area contributed by atoms with Crippen molar-refractivity contribution < 1.29 is 14.3 Å². The van der Waals surface area contributed by atoms with Gasteiger partial charge in [0.15, 0.2) is 5.96 Å². The third-order valence-electron chi connectivity index (χ3n) is 5.06. The van der Waals surface area contributed by atoms with Crippen LogP contribution in [0.1, 0.15) is 33.5 Å². The highest BCUT2D eigenvalue weighted by atomic mass is 16.5. The zero-order chi connectivity index (χ0) is 21.3. The van der Waals surface area contributed by atoms with Crippen LogP contribution in [0.3, 0.4) is 0 Å². The van der Waals surface area contributed by atoms with Gasteiger partial charge < -0.3 is 25.8 Å². The molecular formula is C23H30N4O3. The molecule has 1 amide bonds. The molecule has 30 heavy (non-hydrogen) atoms. The van der Waals surface area contributed by atoms with Crippen LogP contribution in [0.15, 0.2) is 47.5 Å². The fourth-order valence-corrected chi connectivity index (χ4v) is 3.28. The van der Waals surface area contributed by atoms with Crippen LogP contribution >= 0.6 is 0 Å². The molecule has 1 unspecified atom stereocenters. The van der Waals surface area contributed by atoms with Crippen LogP contribution in [0, 0.1) is 12.8 Å². The zero-order valence-electron chi connectivity index (χ0n) is 17.6. The van der Waals surface area contributed by atoms with Gasteiger partial charge in [0.25, 0.3) is 0 Å². The third-order valence-corrected chi connectivity index (χ3v) is 5.06. The SMILES string of the molecule is CN=C(NCc1cccc(C(N)=O)c1)NCc1ccc(C)cc1OCC1CCOC1. The molecule has 7 heteroatoms. The van der Waals surface area contributed by atoms with Gasteiger partial charge in [-0.15, -0.1) is 0 Å². The van der Waals surface area contributed by atoms with Gasteiger partial charge in [0.1, 0.15) is 5.75 Å². The van der Waals surface area contributed by atoms with E-state index < -0.39 is 5.91 Å². The molecule has 2 aromatic carbocycles. The number of aryl methyl sites for hydroxylation is 1. The van der Waals surface area contributed by atoms with Crippen molar-refractivity contribution >= 4 is 11.9 Å². The maximum atomic E-state index is 11.3. The van der Waals surface area contributed by atoms with Crippen LogP contribution in [0.4, 0.5) is 0 Å². The van der Waals surface area contributed by atoms with Crippen molar-refractivity contribution in [3.05, 3.63) is 64.7 Å². The van der Waals surface area contributed by atoms with Crippen molar-refractivity contribution in [2.24, 2.45) is 16.6 Å². The number of primary amides is 1. The number of carbonyl (C=O) groups is 1. The highest BCUT2D eigenvalue weighted by Crippen LogP contribution is 2.22. The summed E-state index contributed by atoms with van der Waals surface area (Å²) in [4.78, 5) is 15.6. The van der Waals surface area contributed by atoms with Gasteiger partial charge in [-0.05, 0) is 42.7 Å². The standard InChI is InChI=1S/C23H30N4O3/c1-16-6-7-20(21(10-16)30-15-18-8-9-29-14-18)13-27-23(25-2)26-12-17-4-3-5-19(11-17)22(24)28/h3-7,10-11,18H,8-9,12-15H2,1-2H3,(H2,24,28)(H2,25,26,27). The molecule has 0 saturated carbocycles. The van der Waals surface area contributed by atoms with E-state index in [1.165, 1.54) is 0 Å². The highest BCUT2D eigenvalue weighted by molar-refractivity contribution is 5.92. The molecule has 1 atom stereocenters. The van der Waals surface area contributed by atoms with E-state index in [-0.39, 0.29) is 0 Å². The predicted octanol–water partition coefficient (Wildman–Crippen LogP) is 2.37. The van der Waals surface area contributed by atoms with Crippen molar-refractivity contribution in [1.29, 1.82) is 0 Å². The minimum Gasteiger partial charge on any atom is -0.493 e. The third kappa shape index (κ3) is 6.22. The Balaban J connectivity index is 1.56. The topological polar surface area (TPSA) is 98.0 Å². The van der Waals surface area contributed by atoms with Gasteiger partial charge in [-0.3, -0.25) is 9.79 Å². The molecule has 160 valence electrons. The van der Waals surface area contributed by atoms with Crippen LogP contribution in [0.5, 0.6) is 5.75 Å². The summed E-state index contributed by atoms with van der Waals surface area (Å²) in [6, 6.07) is 13.5. The second-order valence-electron chi connectivity index (χ2n) is 7.50. The summed E-state index contributed by atoms with van der Waals surface area (Å²) < 4.78 is 11.5. The first kappa shape index (κ1) is 21.6. The Morgan fingerprint density at radius 2 is 2.07 bits per heavy atom. The lowest BCUT2D eigenvalue weighted by atomic mass is 10.1. The van der Waals surface area contributed by atoms with E-state index in [2.05, 4.69) is 40.7 Å². The Bertz CT molecular complexity index is 892. The normalized spacial score (nSPS) is 16.3. The second-order valence-corrected chi connectivity index (χ2v) is 7.50. The van der Waals surface area contributed by atoms with Crippen LogP contribution < -0.4 is 21.1 Å². The van der Waals surface area contributed by atoms with Crippen molar-refractivity contribution in [1.82, 2.24) is 10.6 Å². The van der Waals surface area contributed by atoms with Crippen molar-refractivity contribution in [2.75, 3.05) is 26.9 Å². The lowest BCUT2D eigenvalue weighted by Gasteiger charge is -2.17. The molecule has 0 aliphatic carbocycles. The Kier molecular flexibility index (Phi) is 7.68. The quantitative estimate of drug-likeness (QED) is 0.458. The van der Waals surface area contributed by atoms with E-state index >= 15 is 0 Å². The van der Waals surface area contributed by atoms with Gasteiger partial charge in [0.05, 0.1) is 13.2 Å². The number of nitrogens with two attached hydrogens (primary N) is 1. The van der Waals surface area contributed by atoms with Crippen LogP contribution in [-0.4, -0.2) is 38.7 Å². The van der Waals surface area contributed by atoms with Gasteiger partial charge >= 0.3 is 0 Å². The van der Waals surface area contributed by atoms with Gasteiger partial charge in [0.2, 0.25) is 5.91 Å². The number of nitrogens with zero attached hydrogens (tertiary/aromatic N) is 1. The van der Waals surface area contributed by atoms with Crippen LogP contribution in [0.2, 0.25) is 0 Å². The Hall–Kier alpha value is -3.06. The number of ether oxygens (including phenoxy) is 2. The van der Waals surface area contributed by atoms with Crippen molar-refractivity contribution in [3.8, 4) is 5.75 Å². The Morgan fingerprint density at radius 1 is 1.23 bits per heavy atom. The van der Waals surface area contributed by atoms with E-state index in [1.54, 1.807) is 19.2 Å². The fraction of sp³-hybridized carbons (Fsp3) is 0.391. The van der Waals surface area contributed by atoms with Crippen molar-refractivity contribution in [2.45, 2.75) is 26.4 Å². The molecular weight excluding hydrogens is 380 g/mol. The van der Waals surface area contributed by atoms with E-state index in [0.717, 1.165) is 42.1 Å². The van der Waals surface area contributed by atoms with E-state index in [0.29, 0.717) is 37.1 Å². The smallest absolute Gasteiger partial charge is 0.248 e. The monoisotopic (exact) mass is 410 g/mol. The summed E-state index contributed by atoms with van der Waals surface area (Å²) in [7, 11) is 1.72. The van der Waals surface area contributed by atoms with Gasteiger partial charge in [-0.2, -0.15) is 0 Å². The largest absolute Gasteiger partial charge is 0.493 e. The van der Waals surface area contributed by atoms with E-state index in [1.807, 2.05) is 12.1 Å². The lowest BCUT2D eigenvalue weighted by Crippen LogP contribution is -2.36. The first-order valence-corrected chi connectivity index (χ1v) is 10.2. The van der Waals surface area contributed by atoms with Crippen molar-refractivity contribution in [3.63, 3.8) is 0 Å². The van der Waals surface area contributed by atoms with E-state index in [4.69, 9.17) is 15.2 Å². The van der Waals surface area contributed by atoms with Crippen LogP contribution in [-0.2, 0) is 17.8 Å². The summed E-state index contributed by atoms with van der Waals surface area (Å²) in [5, 5.41) is 6.58. The summed E-state index contributed by atoms with van der Waals surface area (Å²) in [5.41, 5.74) is 9.02. The Labute approximate surface area is 177 Å². The number of guanidine groups is 1. The molecule has 3 rings (SSSR count). The number of hydrogen-bond donors (Lipinski definition) is 3. The molecule has 2 aromatic rings. The highest BCUT2D eigenvalue weighted by Gasteiger charge is 2.17. The molecule has 1 saturated heterocycles. The minimum absolute atomic E-state index is 0.435.